The summed E-state index contributed by atoms with van der Waals surface area (Å²) in [6, 6.07) is 28.3. The van der Waals surface area contributed by atoms with Crippen molar-refractivity contribution < 1.29 is 4.74 Å². The molecule has 3 aromatic carbocycles. The van der Waals surface area contributed by atoms with Crippen LogP contribution in [0.5, 0.6) is 5.75 Å². The lowest BCUT2D eigenvalue weighted by molar-refractivity contribution is 0.414. The highest BCUT2D eigenvalue weighted by Gasteiger charge is 2.16. The minimum atomic E-state index is 0.0276. The first-order valence-corrected chi connectivity index (χ1v) is 11.4. The van der Waals surface area contributed by atoms with Crippen molar-refractivity contribution in [3.63, 3.8) is 0 Å². The molecule has 160 valence electrons. The molecule has 0 bridgehead atoms. The Labute approximate surface area is 194 Å². The molecule has 0 saturated heterocycles. The summed E-state index contributed by atoms with van der Waals surface area (Å²) in [6.07, 6.45) is 0.807. The van der Waals surface area contributed by atoms with E-state index < -0.39 is 0 Å². The zero-order valence-corrected chi connectivity index (χ0v) is 19.4. The second-order valence-electron chi connectivity index (χ2n) is 7.89. The average molecular weight is 487 g/mol. The van der Waals surface area contributed by atoms with Crippen molar-refractivity contribution in [1.82, 2.24) is 9.13 Å². The third-order valence-electron chi connectivity index (χ3n) is 5.93. The number of aromatic nitrogens is 2. The third kappa shape index (κ3) is 3.84. The van der Waals surface area contributed by atoms with E-state index in [1.165, 1.54) is 11.1 Å². The van der Waals surface area contributed by atoms with Gasteiger partial charge in [-0.2, -0.15) is 0 Å². The highest BCUT2D eigenvalue weighted by atomic mass is 79.9. The number of pyridine rings is 1. The minimum absolute atomic E-state index is 0.0276. The van der Waals surface area contributed by atoms with Crippen LogP contribution in [0.25, 0.3) is 21.9 Å². The van der Waals surface area contributed by atoms with Crippen LogP contribution in [0.15, 0.2) is 94.2 Å². The zero-order valence-electron chi connectivity index (χ0n) is 17.8. The van der Waals surface area contributed by atoms with E-state index >= 15 is 0 Å². The second kappa shape index (κ2) is 8.67. The largest absolute Gasteiger partial charge is 0.497 e. The molecule has 0 atom stereocenters. The van der Waals surface area contributed by atoms with Gasteiger partial charge in [0.2, 0.25) is 0 Å². The van der Waals surface area contributed by atoms with Crippen LogP contribution in [0, 0.1) is 0 Å². The molecule has 5 aromatic rings. The van der Waals surface area contributed by atoms with Crippen LogP contribution >= 0.6 is 15.9 Å². The van der Waals surface area contributed by atoms with Crippen LogP contribution in [-0.4, -0.2) is 16.2 Å². The summed E-state index contributed by atoms with van der Waals surface area (Å²) in [5.41, 5.74) is 5.57. The molecular formula is C27H23BrN2O2. The molecule has 0 saturated carbocycles. The van der Waals surface area contributed by atoms with Crippen LogP contribution in [-0.2, 0) is 19.5 Å². The first-order chi connectivity index (χ1) is 15.6. The van der Waals surface area contributed by atoms with E-state index in [0.717, 1.165) is 38.6 Å². The normalized spacial score (nSPS) is 11.3. The van der Waals surface area contributed by atoms with Gasteiger partial charge in [0.1, 0.15) is 5.75 Å². The maximum atomic E-state index is 12.9. The molecule has 0 amide bonds. The van der Waals surface area contributed by atoms with Crippen LogP contribution in [0.2, 0.25) is 0 Å². The van der Waals surface area contributed by atoms with E-state index in [1.54, 1.807) is 13.2 Å². The molecule has 0 N–H and O–H groups in total. The Kier molecular flexibility index (Phi) is 5.58. The fraction of sp³-hybridized carbons (Fsp3) is 0.148. The van der Waals surface area contributed by atoms with E-state index in [1.807, 2.05) is 47.0 Å². The number of nitrogens with zero attached hydrogens (tertiary/aromatic N) is 2. The molecule has 5 rings (SSSR count). The number of halogens is 1. The number of methoxy groups -OCH3 is 1. The van der Waals surface area contributed by atoms with E-state index in [4.69, 9.17) is 4.74 Å². The number of hydrogen-bond acceptors (Lipinski definition) is 2. The highest BCUT2D eigenvalue weighted by molar-refractivity contribution is 9.10. The summed E-state index contributed by atoms with van der Waals surface area (Å²) in [7, 11) is 1.67. The highest BCUT2D eigenvalue weighted by Crippen LogP contribution is 2.31. The molecule has 0 radical (unpaired) electrons. The average Bonchev–Trinajstić information content (AvgIpc) is 3.12. The molecule has 5 heteroatoms. The summed E-state index contributed by atoms with van der Waals surface area (Å²) in [6.45, 7) is 1.34. The molecule has 0 aliphatic heterocycles. The van der Waals surface area contributed by atoms with Crippen molar-refractivity contribution in [2.75, 3.05) is 7.11 Å². The number of hydrogen-bond donors (Lipinski definition) is 0. The molecular weight excluding hydrogens is 464 g/mol. The first kappa shape index (κ1) is 20.6. The topological polar surface area (TPSA) is 36.2 Å². The molecule has 32 heavy (non-hydrogen) atoms. The summed E-state index contributed by atoms with van der Waals surface area (Å²) in [4.78, 5) is 12.9. The van der Waals surface area contributed by atoms with Gasteiger partial charge >= 0.3 is 0 Å². The predicted octanol–water partition coefficient (Wildman–Crippen LogP) is 6.02. The predicted molar refractivity (Wildman–Crippen MR) is 134 cm³/mol. The van der Waals surface area contributed by atoms with Gasteiger partial charge in [0.25, 0.3) is 5.56 Å². The Morgan fingerprint density at radius 1 is 0.812 bits per heavy atom. The molecule has 2 aromatic heterocycles. The standard InChI is InChI=1S/C27H23BrN2O2/c1-32-22-10-7-20(8-11-22)18-30-24-13-14-26(31)29(16-15-19-5-3-2-4-6-19)27(24)23-12-9-21(28)17-25(23)30/h2-14,17H,15-16,18H2,1H3. The van der Waals surface area contributed by atoms with Crippen LogP contribution in [0.4, 0.5) is 0 Å². The van der Waals surface area contributed by atoms with Gasteiger partial charge in [-0.3, -0.25) is 4.79 Å². The van der Waals surface area contributed by atoms with E-state index in [9.17, 15) is 4.79 Å². The molecule has 0 spiro atoms. The fourth-order valence-corrected chi connectivity index (χ4v) is 4.67. The van der Waals surface area contributed by atoms with E-state index in [0.29, 0.717) is 13.1 Å². The monoisotopic (exact) mass is 486 g/mol. The van der Waals surface area contributed by atoms with Crippen molar-refractivity contribution in [3.8, 4) is 5.75 Å². The summed E-state index contributed by atoms with van der Waals surface area (Å²) >= 11 is 3.62. The third-order valence-corrected chi connectivity index (χ3v) is 6.42. The van der Waals surface area contributed by atoms with Gasteiger partial charge < -0.3 is 13.9 Å². The summed E-state index contributed by atoms with van der Waals surface area (Å²) in [5.74, 6) is 0.841. The maximum absolute atomic E-state index is 12.9. The lowest BCUT2D eigenvalue weighted by Gasteiger charge is -2.11. The molecule has 4 nitrogen and oxygen atoms in total. The van der Waals surface area contributed by atoms with Crippen molar-refractivity contribution in [3.05, 3.63) is 111 Å². The second-order valence-corrected chi connectivity index (χ2v) is 8.80. The van der Waals surface area contributed by atoms with Gasteiger partial charge in [0, 0.05) is 29.0 Å². The SMILES string of the molecule is COc1ccc(Cn2c3cc(Br)ccc3c3c2ccc(=O)n3CCc2ccccc2)cc1. The minimum Gasteiger partial charge on any atom is -0.497 e. The number of aryl methyl sites for hydroxylation is 2. The van der Waals surface area contributed by atoms with Crippen molar-refractivity contribution in [2.45, 2.75) is 19.5 Å². The lowest BCUT2D eigenvalue weighted by atomic mass is 10.1. The number of ether oxygens (including phenoxy) is 1. The van der Waals surface area contributed by atoms with Crippen LogP contribution in [0.3, 0.4) is 0 Å². The number of rotatable bonds is 6. The molecule has 0 aliphatic rings. The Hall–Kier alpha value is -3.31. The Morgan fingerprint density at radius 3 is 2.34 bits per heavy atom. The summed E-state index contributed by atoms with van der Waals surface area (Å²) in [5, 5.41) is 1.09. The molecule has 2 heterocycles. The molecule has 0 unspecified atom stereocenters. The van der Waals surface area contributed by atoms with Gasteiger partial charge in [0.05, 0.1) is 23.7 Å². The van der Waals surface area contributed by atoms with Gasteiger partial charge in [-0.1, -0.05) is 58.4 Å². The summed E-state index contributed by atoms with van der Waals surface area (Å²) < 4.78 is 10.5. The first-order valence-electron chi connectivity index (χ1n) is 10.6. The Morgan fingerprint density at radius 2 is 1.59 bits per heavy atom. The number of fused-ring (bicyclic) bond motifs is 3. The van der Waals surface area contributed by atoms with Gasteiger partial charge in [-0.15, -0.1) is 0 Å². The van der Waals surface area contributed by atoms with E-state index in [2.05, 4.69) is 56.9 Å². The van der Waals surface area contributed by atoms with E-state index in [-0.39, 0.29) is 5.56 Å². The zero-order chi connectivity index (χ0) is 22.1. The Bertz CT molecular complexity index is 1450. The van der Waals surface area contributed by atoms with Gasteiger partial charge in [-0.25, -0.2) is 0 Å². The quantitative estimate of drug-likeness (QED) is 0.294. The lowest BCUT2D eigenvalue weighted by Crippen LogP contribution is -2.20. The van der Waals surface area contributed by atoms with Crippen molar-refractivity contribution >= 4 is 37.9 Å². The maximum Gasteiger partial charge on any atom is 0.251 e. The van der Waals surface area contributed by atoms with Gasteiger partial charge in [0.15, 0.2) is 0 Å². The van der Waals surface area contributed by atoms with Gasteiger partial charge in [-0.05, 0) is 53.9 Å². The molecule has 0 fully saturated rings. The smallest absolute Gasteiger partial charge is 0.251 e. The van der Waals surface area contributed by atoms with Crippen molar-refractivity contribution in [2.24, 2.45) is 0 Å². The number of benzene rings is 3. The van der Waals surface area contributed by atoms with Crippen LogP contribution in [0.1, 0.15) is 11.1 Å². The van der Waals surface area contributed by atoms with Crippen LogP contribution < -0.4 is 10.3 Å². The van der Waals surface area contributed by atoms with Crippen molar-refractivity contribution in [1.29, 1.82) is 0 Å². The Balaban J connectivity index is 1.66. The molecule has 0 aliphatic carbocycles. The fourth-order valence-electron chi connectivity index (χ4n) is 4.32.